The van der Waals surface area contributed by atoms with Gasteiger partial charge in [0, 0.05) is 17.4 Å². The highest BCUT2D eigenvalue weighted by atomic mass is 16.6. The molecule has 0 aliphatic heterocycles. The molecule has 3 rings (SSSR count). The van der Waals surface area contributed by atoms with Crippen LogP contribution in [-0.4, -0.2) is 22.2 Å². The monoisotopic (exact) mass is 377 g/mol. The predicted molar refractivity (Wildman–Crippen MR) is 97.0 cm³/mol. The van der Waals surface area contributed by atoms with Crippen molar-refractivity contribution in [3.8, 4) is 29.0 Å². The van der Waals surface area contributed by atoms with Gasteiger partial charge in [0.15, 0.2) is 0 Å². The summed E-state index contributed by atoms with van der Waals surface area (Å²) < 4.78 is 10.0. The number of methoxy groups -OCH3 is 1. The molecule has 9 heteroatoms. The van der Waals surface area contributed by atoms with E-state index < -0.39 is 16.4 Å². The van der Waals surface area contributed by atoms with Crippen molar-refractivity contribution in [2.24, 2.45) is 0 Å². The van der Waals surface area contributed by atoms with E-state index in [2.05, 4.69) is 10.1 Å². The third-order valence-electron chi connectivity index (χ3n) is 3.87. The number of allylic oxidation sites excluding steroid dienone is 1. The Balaban J connectivity index is 2.02. The lowest BCUT2D eigenvalue weighted by Gasteiger charge is -2.13. The van der Waals surface area contributed by atoms with Crippen LogP contribution >= 0.6 is 0 Å². The lowest BCUT2D eigenvalue weighted by Crippen LogP contribution is -2.01. The van der Waals surface area contributed by atoms with Crippen LogP contribution in [0, 0.1) is 28.4 Å². The molecule has 0 saturated heterocycles. The molecule has 0 radical (unpaired) electrons. The highest BCUT2D eigenvalue weighted by Gasteiger charge is 2.16. The molecule has 0 atom stereocenters. The molecule has 2 aromatic carbocycles. The minimum Gasteiger partial charge on any atom is -0.865 e. The summed E-state index contributed by atoms with van der Waals surface area (Å²) in [6.45, 7) is 1.95. The third-order valence-corrected chi connectivity index (χ3v) is 3.87. The number of aromatic nitrogens is 2. The van der Waals surface area contributed by atoms with Crippen molar-refractivity contribution >= 4 is 17.3 Å². The molecule has 1 heterocycles. The van der Waals surface area contributed by atoms with Crippen molar-refractivity contribution in [2.75, 3.05) is 7.11 Å². The van der Waals surface area contributed by atoms with Gasteiger partial charge in [-0.15, -0.1) is 0 Å². The van der Waals surface area contributed by atoms with Crippen molar-refractivity contribution in [3.05, 3.63) is 63.5 Å². The summed E-state index contributed by atoms with van der Waals surface area (Å²) >= 11 is 0. The fourth-order valence-electron chi connectivity index (χ4n) is 2.44. The van der Waals surface area contributed by atoms with Gasteiger partial charge in [-0.25, -0.2) is 0 Å². The van der Waals surface area contributed by atoms with Gasteiger partial charge in [0.25, 0.3) is 11.6 Å². The number of aryl methyl sites for hydroxylation is 1. The Hall–Kier alpha value is -4.19. The van der Waals surface area contributed by atoms with Gasteiger partial charge < -0.3 is 14.4 Å². The first kappa shape index (κ1) is 18.6. The summed E-state index contributed by atoms with van der Waals surface area (Å²) in [5, 5.41) is 36.3. The number of nitro groups is 1. The van der Waals surface area contributed by atoms with E-state index in [9.17, 15) is 20.5 Å². The van der Waals surface area contributed by atoms with Crippen molar-refractivity contribution in [1.29, 1.82) is 5.26 Å². The van der Waals surface area contributed by atoms with E-state index in [4.69, 9.17) is 9.26 Å². The second kappa shape index (κ2) is 7.59. The molecule has 0 saturated carbocycles. The zero-order valence-electron chi connectivity index (χ0n) is 14.9. The summed E-state index contributed by atoms with van der Waals surface area (Å²) in [4.78, 5) is 14.5. The number of hydrogen-bond acceptors (Lipinski definition) is 8. The van der Waals surface area contributed by atoms with E-state index in [-0.39, 0.29) is 22.8 Å². The second-order valence-electron chi connectivity index (χ2n) is 5.79. The van der Waals surface area contributed by atoms with E-state index in [0.29, 0.717) is 11.4 Å². The molecular formula is C19H13N4O5-. The summed E-state index contributed by atoms with van der Waals surface area (Å²) in [5.41, 5.74) is 1.33. The molecule has 0 bridgehead atoms. The van der Waals surface area contributed by atoms with E-state index >= 15 is 0 Å². The molecular weight excluding hydrogens is 364 g/mol. The molecule has 0 N–H and O–H groups in total. The predicted octanol–water partition coefficient (Wildman–Crippen LogP) is 3.10. The van der Waals surface area contributed by atoms with Gasteiger partial charge in [-0.3, -0.25) is 10.1 Å². The molecule has 0 unspecified atom stereocenters. The van der Waals surface area contributed by atoms with Crippen LogP contribution in [0.4, 0.5) is 5.69 Å². The number of nitro benzene ring substituents is 1. The van der Waals surface area contributed by atoms with Gasteiger partial charge in [0.1, 0.15) is 17.4 Å². The summed E-state index contributed by atoms with van der Waals surface area (Å²) in [7, 11) is 1.23. The number of nitriles is 1. The maximum atomic E-state index is 11.9. The highest BCUT2D eigenvalue weighted by molar-refractivity contribution is 5.87. The molecule has 0 fully saturated rings. The van der Waals surface area contributed by atoms with E-state index in [1.807, 2.05) is 37.3 Å². The molecule has 0 spiro atoms. The Morgan fingerprint density at radius 1 is 1.32 bits per heavy atom. The van der Waals surface area contributed by atoms with Crippen LogP contribution in [0.1, 0.15) is 17.0 Å². The molecule has 0 amide bonds. The second-order valence-corrected chi connectivity index (χ2v) is 5.79. The van der Waals surface area contributed by atoms with Crippen molar-refractivity contribution in [3.63, 3.8) is 0 Å². The normalized spacial score (nSPS) is 11.1. The minimum atomic E-state index is -0.845. The summed E-state index contributed by atoms with van der Waals surface area (Å²) in [5.74, 6) is -0.799. The van der Waals surface area contributed by atoms with E-state index in [0.717, 1.165) is 11.6 Å². The van der Waals surface area contributed by atoms with Gasteiger partial charge in [0.05, 0.1) is 12.0 Å². The van der Waals surface area contributed by atoms with Crippen LogP contribution in [0.3, 0.4) is 0 Å². The first-order valence-corrected chi connectivity index (χ1v) is 7.99. The van der Waals surface area contributed by atoms with Crippen molar-refractivity contribution in [2.45, 2.75) is 6.92 Å². The zero-order chi connectivity index (χ0) is 20.3. The van der Waals surface area contributed by atoms with Gasteiger partial charge >= 0.3 is 0 Å². The van der Waals surface area contributed by atoms with Crippen LogP contribution < -0.4 is 9.84 Å². The average molecular weight is 377 g/mol. The van der Waals surface area contributed by atoms with Crippen LogP contribution in [0.15, 0.2) is 40.9 Å². The Kier molecular flexibility index (Phi) is 5.04. The molecule has 9 nitrogen and oxygen atoms in total. The number of rotatable bonds is 5. The standard InChI is InChI=1S/C19H14N4O5/c1-11-3-5-13(6-4-11)18-21-19(28-22-18)14(10-20)7-12-8-15(23(25)26)17(24)16(9-12)27-2/h3-9,24H,1-2H3/p-1/b14-7+. The third kappa shape index (κ3) is 3.66. The number of benzene rings is 2. The highest BCUT2D eigenvalue weighted by Crippen LogP contribution is 2.35. The number of ether oxygens (including phenoxy) is 1. The Bertz CT molecular complexity index is 1110. The van der Waals surface area contributed by atoms with Gasteiger partial charge in [0.2, 0.25) is 5.82 Å². The SMILES string of the molecule is COc1cc(/C=C(\C#N)c2nc(-c3ccc(C)cc3)no2)cc([N+](=O)[O-])c1[O-]. The first-order valence-electron chi connectivity index (χ1n) is 7.99. The quantitative estimate of drug-likeness (QED) is 0.375. The molecule has 0 aliphatic carbocycles. The lowest BCUT2D eigenvalue weighted by atomic mass is 10.1. The number of hydrogen-bond donors (Lipinski definition) is 0. The maximum Gasteiger partial charge on any atom is 0.268 e. The van der Waals surface area contributed by atoms with Gasteiger partial charge in [-0.1, -0.05) is 35.0 Å². The van der Waals surface area contributed by atoms with Gasteiger partial charge in [-0.2, -0.15) is 10.2 Å². The molecule has 3 aromatic rings. The lowest BCUT2D eigenvalue weighted by molar-refractivity contribution is -0.398. The fourth-order valence-corrected chi connectivity index (χ4v) is 2.44. The zero-order valence-corrected chi connectivity index (χ0v) is 14.9. The topological polar surface area (TPSA) is 138 Å². The van der Waals surface area contributed by atoms with Crippen LogP contribution in [-0.2, 0) is 0 Å². The number of nitrogens with zero attached hydrogens (tertiary/aromatic N) is 4. The van der Waals surface area contributed by atoms with E-state index in [1.54, 1.807) is 0 Å². The maximum absolute atomic E-state index is 11.9. The Morgan fingerprint density at radius 3 is 2.64 bits per heavy atom. The molecule has 28 heavy (non-hydrogen) atoms. The average Bonchev–Trinajstić information content (AvgIpc) is 3.17. The summed E-state index contributed by atoms with van der Waals surface area (Å²) in [6.07, 6.45) is 1.31. The molecule has 140 valence electrons. The minimum absolute atomic E-state index is 0.0131. The van der Waals surface area contributed by atoms with E-state index in [1.165, 1.54) is 19.3 Å². The van der Waals surface area contributed by atoms with Gasteiger partial charge in [-0.05, 0) is 24.6 Å². The Morgan fingerprint density at radius 2 is 2.04 bits per heavy atom. The largest absolute Gasteiger partial charge is 0.865 e. The molecule has 1 aromatic heterocycles. The van der Waals surface area contributed by atoms with Crippen LogP contribution in [0.2, 0.25) is 0 Å². The Labute approximate surface area is 159 Å². The van der Waals surface area contributed by atoms with Crippen molar-refractivity contribution in [1.82, 2.24) is 10.1 Å². The van der Waals surface area contributed by atoms with Crippen molar-refractivity contribution < 1.29 is 19.3 Å². The fraction of sp³-hybridized carbons (Fsp3) is 0.105. The summed E-state index contributed by atoms with van der Waals surface area (Å²) in [6, 6.07) is 11.7. The smallest absolute Gasteiger partial charge is 0.268 e. The van der Waals surface area contributed by atoms with Crippen LogP contribution in [0.25, 0.3) is 23.0 Å². The first-order chi connectivity index (χ1) is 13.4. The molecule has 0 aliphatic rings. The van der Waals surface area contributed by atoms with Crippen LogP contribution in [0.5, 0.6) is 11.5 Å².